The predicted octanol–water partition coefficient (Wildman–Crippen LogP) is 9.92. The Bertz CT molecular complexity index is 1290. The van der Waals surface area contributed by atoms with Gasteiger partial charge in [-0.1, -0.05) is 54.9 Å². The molecular weight excluding hydrogens is 612 g/mol. The highest BCUT2D eigenvalue weighted by molar-refractivity contribution is 6.01. The van der Waals surface area contributed by atoms with Crippen LogP contribution < -0.4 is 0 Å². The maximum absolute atomic E-state index is 16.0. The number of benzene rings is 1. The van der Waals surface area contributed by atoms with Gasteiger partial charge in [0, 0.05) is 25.7 Å². The number of likely N-dealkylation sites (tertiary alicyclic amines) is 2. The smallest absolute Gasteiger partial charge is 0.442 e. The van der Waals surface area contributed by atoms with E-state index in [0.29, 0.717) is 6.42 Å². The van der Waals surface area contributed by atoms with Crippen molar-refractivity contribution in [3.05, 3.63) is 28.8 Å². The lowest BCUT2D eigenvalue weighted by atomic mass is 9.67. The first kappa shape index (κ1) is 41.3. The molecule has 0 saturated carbocycles. The Morgan fingerprint density at radius 3 is 1.39 bits per heavy atom. The summed E-state index contributed by atoms with van der Waals surface area (Å²) in [5, 5.41) is 23.7. The minimum Gasteiger partial charge on any atom is -0.507 e. The van der Waals surface area contributed by atoms with Crippen LogP contribution in [0.4, 0.5) is 0 Å². The van der Waals surface area contributed by atoms with Crippen molar-refractivity contribution < 1.29 is 33.5 Å². The normalized spacial score (nSPS) is 23.4. The summed E-state index contributed by atoms with van der Waals surface area (Å²) in [4.78, 5) is 30.8. The Morgan fingerprint density at radius 2 is 1.10 bits per heavy atom. The lowest BCUT2D eigenvalue weighted by Crippen LogP contribution is -2.97. The standard InChI is InChI=1S/C42H72N2O5/c1-18-19-22-32(29-27-30(36(2,3)4)33(45)31(28-29)37(5,6)7)49-35(48)42(34(46)47,43(16)38(8,9)23-20-24-39(43,10)11)44(17)40(12,13)25-21-26-41(44,14)15/h27-28,32H,18-26H2,1-17H3/p+2. The van der Waals surface area contributed by atoms with E-state index in [1.165, 1.54) is 0 Å². The van der Waals surface area contributed by atoms with E-state index in [1.807, 2.05) is 12.1 Å². The highest BCUT2D eigenvalue weighted by atomic mass is 16.6. The van der Waals surface area contributed by atoms with Crippen molar-refractivity contribution in [2.75, 3.05) is 14.1 Å². The van der Waals surface area contributed by atoms with Gasteiger partial charge in [-0.15, -0.1) is 0 Å². The summed E-state index contributed by atoms with van der Waals surface area (Å²) < 4.78 is 6.98. The second-order valence-corrected chi connectivity index (χ2v) is 20.4. The van der Waals surface area contributed by atoms with E-state index in [0.717, 1.165) is 68.1 Å². The van der Waals surface area contributed by atoms with Gasteiger partial charge in [-0.05, 0) is 121 Å². The van der Waals surface area contributed by atoms with Crippen molar-refractivity contribution in [2.45, 2.75) is 206 Å². The van der Waals surface area contributed by atoms with E-state index >= 15 is 4.79 Å². The van der Waals surface area contributed by atoms with E-state index in [1.54, 1.807) is 0 Å². The zero-order chi connectivity index (χ0) is 38.0. The fourth-order valence-corrected chi connectivity index (χ4v) is 10.3. The molecule has 0 radical (unpaired) electrons. The number of carbonyl (C=O) groups is 2. The van der Waals surface area contributed by atoms with Crippen molar-refractivity contribution >= 4 is 11.9 Å². The average molecular weight is 687 g/mol. The van der Waals surface area contributed by atoms with Gasteiger partial charge in [-0.2, -0.15) is 0 Å². The van der Waals surface area contributed by atoms with Gasteiger partial charge in [0.05, 0.1) is 36.3 Å². The third-order valence-corrected chi connectivity index (χ3v) is 14.1. The predicted molar refractivity (Wildman–Crippen MR) is 201 cm³/mol. The topological polar surface area (TPSA) is 83.8 Å². The van der Waals surface area contributed by atoms with Gasteiger partial charge in [0.25, 0.3) is 0 Å². The average Bonchev–Trinajstić information content (AvgIpc) is 2.91. The molecular formula is C42H74N2O5+2. The second kappa shape index (κ2) is 12.8. The van der Waals surface area contributed by atoms with E-state index in [4.69, 9.17) is 4.74 Å². The molecule has 0 aromatic heterocycles. The van der Waals surface area contributed by atoms with Gasteiger partial charge in [0.1, 0.15) is 11.9 Å². The van der Waals surface area contributed by atoms with Crippen LogP contribution in [0.15, 0.2) is 12.1 Å². The molecule has 0 spiro atoms. The molecule has 0 aliphatic carbocycles. The number of quaternary nitrogens is 2. The summed E-state index contributed by atoms with van der Waals surface area (Å²) in [6, 6.07) is 3.99. The first-order valence-electron chi connectivity index (χ1n) is 19.0. The van der Waals surface area contributed by atoms with Gasteiger partial charge < -0.3 is 14.9 Å². The number of hydrogen-bond donors (Lipinski definition) is 2. The van der Waals surface area contributed by atoms with Gasteiger partial charge >= 0.3 is 17.6 Å². The highest BCUT2D eigenvalue weighted by Gasteiger charge is 2.86. The number of aliphatic carboxylic acids is 1. The molecule has 1 atom stereocenters. The Kier molecular flexibility index (Phi) is 10.8. The SMILES string of the molecule is CCCCC(OC(=O)C(C(=O)O)([N+]1(C)C(C)(C)CCCC1(C)C)[N+]1(C)C(C)(C)CCCC1(C)C)c1cc(C(C)(C)C)c(O)c(C(C)(C)C)c1. The fourth-order valence-electron chi connectivity index (χ4n) is 10.3. The molecule has 280 valence electrons. The third-order valence-electron chi connectivity index (χ3n) is 14.1. The second-order valence-electron chi connectivity index (χ2n) is 20.4. The summed E-state index contributed by atoms with van der Waals surface area (Å²) in [7, 11) is 4.10. The number of hydrogen-bond acceptors (Lipinski definition) is 4. The van der Waals surface area contributed by atoms with Crippen LogP contribution in [-0.4, -0.2) is 73.0 Å². The monoisotopic (exact) mass is 687 g/mol. The molecule has 2 fully saturated rings. The molecule has 0 amide bonds. The molecule has 1 aromatic carbocycles. The summed E-state index contributed by atoms with van der Waals surface area (Å²) in [6.07, 6.45) is 6.72. The third kappa shape index (κ3) is 6.15. The van der Waals surface area contributed by atoms with Crippen molar-refractivity contribution in [3.8, 4) is 5.75 Å². The van der Waals surface area contributed by atoms with Crippen LogP contribution in [0.25, 0.3) is 0 Å². The van der Waals surface area contributed by atoms with Crippen LogP contribution in [0.1, 0.15) is 184 Å². The molecule has 1 unspecified atom stereocenters. The number of phenols is 1. The van der Waals surface area contributed by atoms with Crippen molar-refractivity contribution in [2.24, 2.45) is 0 Å². The van der Waals surface area contributed by atoms with Crippen LogP contribution in [0.3, 0.4) is 0 Å². The minimum absolute atomic E-state index is 0.0289. The van der Waals surface area contributed by atoms with Crippen LogP contribution in [0.2, 0.25) is 0 Å². The highest BCUT2D eigenvalue weighted by Crippen LogP contribution is 2.60. The Labute approximate surface area is 300 Å². The number of ether oxygens (including phenoxy) is 1. The van der Waals surface area contributed by atoms with Crippen LogP contribution in [0.5, 0.6) is 5.75 Å². The quantitative estimate of drug-likeness (QED) is 0.154. The number of phenolic OH excluding ortho intramolecular Hbond substituents is 1. The molecule has 3 rings (SSSR count). The Balaban J connectivity index is 2.52. The van der Waals surface area contributed by atoms with Crippen LogP contribution >= 0.6 is 0 Å². The summed E-state index contributed by atoms with van der Waals surface area (Å²) in [5.41, 5.74) is -2.55. The summed E-state index contributed by atoms with van der Waals surface area (Å²) in [5.74, 6) is -1.49. The van der Waals surface area contributed by atoms with E-state index < -0.39 is 45.9 Å². The fraction of sp³-hybridized carbons (Fsp3) is 0.810. The molecule has 1 aromatic rings. The van der Waals surface area contributed by atoms with Crippen molar-refractivity contribution in [1.82, 2.24) is 0 Å². The molecule has 7 heteroatoms. The number of unbranched alkanes of at least 4 members (excludes halogenated alkanes) is 1. The molecule has 2 aliphatic rings. The van der Waals surface area contributed by atoms with Gasteiger partial charge in [0.15, 0.2) is 0 Å². The van der Waals surface area contributed by atoms with Gasteiger partial charge in [0.2, 0.25) is 0 Å². The number of rotatable bonds is 9. The number of carbonyl (C=O) groups excluding carboxylic acids is 1. The van der Waals surface area contributed by atoms with Crippen LogP contribution in [-0.2, 0) is 25.2 Å². The summed E-state index contributed by atoms with van der Waals surface area (Å²) >= 11 is 0. The van der Waals surface area contributed by atoms with Crippen molar-refractivity contribution in [1.29, 1.82) is 0 Å². The maximum atomic E-state index is 16.0. The number of piperidine rings is 2. The molecule has 2 aliphatic heterocycles. The van der Waals surface area contributed by atoms with Gasteiger partial charge in [-0.25, -0.2) is 18.6 Å². The van der Waals surface area contributed by atoms with Gasteiger partial charge in [-0.3, -0.25) is 0 Å². The molecule has 49 heavy (non-hydrogen) atoms. The zero-order valence-corrected chi connectivity index (χ0v) is 34.6. The number of aromatic hydroxyl groups is 1. The first-order chi connectivity index (χ1) is 21.9. The largest absolute Gasteiger partial charge is 0.507 e. The number of likely N-dealkylation sites (N-methyl/N-ethyl adjacent to an activating group) is 2. The Morgan fingerprint density at radius 1 is 0.755 bits per heavy atom. The van der Waals surface area contributed by atoms with E-state index in [9.17, 15) is 15.0 Å². The maximum Gasteiger partial charge on any atom is 0.442 e. The molecule has 2 N–H and O–H groups in total. The number of esters is 1. The number of carboxylic acid groups (broad SMARTS) is 1. The molecule has 0 bridgehead atoms. The minimum atomic E-state index is -2.00. The van der Waals surface area contributed by atoms with Crippen LogP contribution in [0, 0.1) is 0 Å². The Hall–Kier alpha value is -2.12. The van der Waals surface area contributed by atoms with E-state index in [2.05, 4.69) is 118 Å². The zero-order valence-electron chi connectivity index (χ0n) is 34.6. The molecule has 2 saturated heterocycles. The lowest BCUT2D eigenvalue weighted by molar-refractivity contribution is -1.20. The molecule has 2 heterocycles. The number of carboxylic acids is 1. The molecule has 7 nitrogen and oxygen atoms in total. The van der Waals surface area contributed by atoms with E-state index in [-0.39, 0.29) is 25.5 Å². The van der Waals surface area contributed by atoms with Crippen molar-refractivity contribution in [3.63, 3.8) is 0 Å². The lowest BCUT2D eigenvalue weighted by Gasteiger charge is -2.72. The number of nitrogens with zero attached hydrogens (tertiary/aromatic N) is 2. The summed E-state index contributed by atoms with van der Waals surface area (Å²) in [6.45, 7) is 31.9. The first-order valence-corrected chi connectivity index (χ1v) is 19.0.